The van der Waals surface area contributed by atoms with Crippen molar-refractivity contribution in [3.63, 3.8) is 0 Å². The third-order valence-electron chi connectivity index (χ3n) is 2.76. The van der Waals surface area contributed by atoms with Crippen LogP contribution in [0.5, 0.6) is 0 Å². The monoisotopic (exact) mass is 269 g/mol. The molecule has 0 N–H and O–H groups in total. The third-order valence-corrected chi connectivity index (χ3v) is 3.39. The highest BCUT2D eigenvalue weighted by atomic mass is 35.5. The van der Waals surface area contributed by atoms with E-state index in [0.717, 1.165) is 17.3 Å². The third kappa shape index (κ3) is 2.99. The van der Waals surface area contributed by atoms with Gasteiger partial charge in [-0.15, -0.1) is 11.6 Å². The second-order valence-electron chi connectivity index (χ2n) is 3.91. The maximum Gasteiger partial charge on any atom is 0.138 e. The Morgan fingerprint density at radius 2 is 2.00 bits per heavy atom. The highest BCUT2D eigenvalue weighted by Crippen LogP contribution is 2.23. The van der Waals surface area contributed by atoms with Crippen molar-refractivity contribution in [2.45, 2.75) is 12.3 Å². The number of hydrogen-bond donors (Lipinski definition) is 0. The summed E-state index contributed by atoms with van der Waals surface area (Å²) in [6.07, 6.45) is 2.34. The normalized spacial score (nSPS) is 12.6. The molecule has 0 saturated heterocycles. The summed E-state index contributed by atoms with van der Waals surface area (Å²) < 4.78 is 1.77. The van der Waals surface area contributed by atoms with Crippen molar-refractivity contribution >= 4 is 23.2 Å². The van der Waals surface area contributed by atoms with Crippen LogP contribution in [0.4, 0.5) is 0 Å². The fourth-order valence-electron chi connectivity index (χ4n) is 1.72. The Morgan fingerprint density at radius 1 is 1.29 bits per heavy atom. The van der Waals surface area contributed by atoms with Gasteiger partial charge in [-0.1, -0.05) is 23.7 Å². The van der Waals surface area contributed by atoms with E-state index in [1.54, 1.807) is 11.0 Å². The minimum Gasteiger partial charge on any atom is -0.253 e. The van der Waals surface area contributed by atoms with Crippen molar-refractivity contribution in [3.8, 4) is 0 Å². The average Bonchev–Trinajstić information content (AvgIpc) is 2.73. The Kier molecular flexibility index (Phi) is 4.02. The van der Waals surface area contributed by atoms with E-state index in [-0.39, 0.29) is 5.92 Å². The van der Waals surface area contributed by atoms with Crippen molar-refractivity contribution in [2.75, 3.05) is 5.88 Å². The molecule has 2 aromatic rings. The van der Waals surface area contributed by atoms with E-state index in [1.165, 1.54) is 5.56 Å². The molecule has 1 unspecified atom stereocenters. The summed E-state index contributed by atoms with van der Waals surface area (Å²) >= 11 is 11.9. The summed E-state index contributed by atoms with van der Waals surface area (Å²) in [4.78, 5) is 4.21. The van der Waals surface area contributed by atoms with Crippen molar-refractivity contribution < 1.29 is 0 Å². The van der Waals surface area contributed by atoms with E-state index in [4.69, 9.17) is 23.2 Å². The molecular weight excluding hydrogens is 257 g/mol. The Hall–Kier alpha value is -1.06. The number of aromatic nitrogens is 3. The Bertz CT molecular complexity index is 479. The second kappa shape index (κ2) is 5.52. The fourth-order valence-corrected chi connectivity index (χ4v) is 2.14. The average molecular weight is 270 g/mol. The first kappa shape index (κ1) is 12.4. The van der Waals surface area contributed by atoms with Crippen molar-refractivity contribution in [3.05, 3.63) is 47.0 Å². The molecule has 0 aliphatic carbocycles. The number of alkyl halides is 1. The van der Waals surface area contributed by atoms with Crippen LogP contribution >= 0.6 is 23.2 Å². The van der Waals surface area contributed by atoms with E-state index in [2.05, 4.69) is 10.1 Å². The standard InChI is InChI=1S/C12H13Cl2N3/c1-17-12(15-8-16-17)6-10(7-13)9-2-4-11(14)5-3-9/h2-5,8,10H,6-7H2,1H3. The number of benzene rings is 1. The van der Waals surface area contributed by atoms with Gasteiger partial charge in [0.2, 0.25) is 0 Å². The van der Waals surface area contributed by atoms with Gasteiger partial charge in [0, 0.05) is 30.3 Å². The molecule has 0 saturated carbocycles. The molecule has 0 bridgehead atoms. The van der Waals surface area contributed by atoms with E-state index in [0.29, 0.717) is 5.88 Å². The first-order valence-electron chi connectivity index (χ1n) is 5.35. The topological polar surface area (TPSA) is 30.7 Å². The van der Waals surface area contributed by atoms with Gasteiger partial charge in [0.05, 0.1) is 0 Å². The molecule has 17 heavy (non-hydrogen) atoms. The maximum atomic E-state index is 6.02. The van der Waals surface area contributed by atoms with Gasteiger partial charge in [-0.25, -0.2) is 4.98 Å². The van der Waals surface area contributed by atoms with E-state index in [1.807, 2.05) is 31.3 Å². The zero-order valence-corrected chi connectivity index (χ0v) is 11.0. The molecule has 1 heterocycles. The lowest BCUT2D eigenvalue weighted by atomic mass is 9.97. The van der Waals surface area contributed by atoms with Crippen LogP contribution < -0.4 is 0 Å². The van der Waals surface area contributed by atoms with Crippen LogP contribution in [0.1, 0.15) is 17.3 Å². The van der Waals surface area contributed by atoms with Crippen molar-refractivity contribution in [2.24, 2.45) is 7.05 Å². The summed E-state index contributed by atoms with van der Waals surface area (Å²) in [7, 11) is 1.88. The summed E-state index contributed by atoms with van der Waals surface area (Å²) in [5.74, 6) is 1.72. The molecule has 1 atom stereocenters. The molecule has 0 aliphatic heterocycles. The van der Waals surface area contributed by atoms with Gasteiger partial charge in [0.15, 0.2) is 0 Å². The quantitative estimate of drug-likeness (QED) is 0.799. The molecule has 2 rings (SSSR count). The maximum absolute atomic E-state index is 6.02. The van der Waals surface area contributed by atoms with Crippen LogP contribution in [0.2, 0.25) is 5.02 Å². The molecule has 0 fully saturated rings. The highest BCUT2D eigenvalue weighted by molar-refractivity contribution is 6.30. The zero-order valence-electron chi connectivity index (χ0n) is 9.48. The first-order valence-corrected chi connectivity index (χ1v) is 6.26. The molecular formula is C12H13Cl2N3. The van der Waals surface area contributed by atoms with Gasteiger partial charge in [-0.05, 0) is 17.7 Å². The van der Waals surface area contributed by atoms with Gasteiger partial charge >= 0.3 is 0 Å². The molecule has 1 aromatic carbocycles. The molecule has 5 heteroatoms. The molecule has 3 nitrogen and oxygen atoms in total. The minimum absolute atomic E-state index is 0.233. The number of aryl methyl sites for hydroxylation is 1. The lowest BCUT2D eigenvalue weighted by Gasteiger charge is -2.13. The van der Waals surface area contributed by atoms with E-state index in [9.17, 15) is 0 Å². The smallest absolute Gasteiger partial charge is 0.138 e. The van der Waals surface area contributed by atoms with Crippen LogP contribution in [-0.2, 0) is 13.5 Å². The summed E-state index contributed by atoms with van der Waals surface area (Å²) in [5.41, 5.74) is 1.17. The van der Waals surface area contributed by atoms with Gasteiger partial charge in [-0.2, -0.15) is 5.10 Å². The molecule has 0 radical (unpaired) electrons. The number of rotatable bonds is 4. The van der Waals surface area contributed by atoms with E-state index < -0.39 is 0 Å². The van der Waals surface area contributed by atoms with Crippen LogP contribution in [0, 0.1) is 0 Å². The largest absolute Gasteiger partial charge is 0.253 e. The van der Waals surface area contributed by atoms with Gasteiger partial charge < -0.3 is 0 Å². The highest BCUT2D eigenvalue weighted by Gasteiger charge is 2.14. The van der Waals surface area contributed by atoms with Crippen LogP contribution in [0.15, 0.2) is 30.6 Å². The predicted molar refractivity (Wildman–Crippen MR) is 69.6 cm³/mol. The van der Waals surface area contributed by atoms with Gasteiger partial charge in [0.25, 0.3) is 0 Å². The van der Waals surface area contributed by atoms with Gasteiger partial charge in [-0.3, -0.25) is 4.68 Å². The number of halogens is 2. The SMILES string of the molecule is Cn1ncnc1CC(CCl)c1ccc(Cl)cc1. The molecule has 0 aliphatic rings. The Morgan fingerprint density at radius 3 is 2.53 bits per heavy atom. The predicted octanol–water partition coefficient (Wildman–Crippen LogP) is 3.03. The summed E-state index contributed by atoms with van der Waals surface area (Å²) in [6.45, 7) is 0. The summed E-state index contributed by atoms with van der Waals surface area (Å²) in [5, 5.41) is 4.79. The fraction of sp³-hybridized carbons (Fsp3) is 0.333. The molecule has 90 valence electrons. The van der Waals surface area contributed by atoms with Crippen molar-refractivity contribution in [1.29, 1.82) is 0 Å². The van der Waals surface area contributed by atoms with Crippen LogP contribution in [0.3, 0.4) is 0 Å². The van der Waals surface area contributed by atoms with Crippen LogP contribution in [-0.4, -0.2) is 20.6 Å². The Balaban J connectivity index is 2.17. The molecule has 0 spiro atoms. The molecule has 0 amide bonds. The van der Waals surface area contributed by atoms with Crippen molar-refractivity contribution in [1.82, 2.24) is 14.8 Å². The minimum atomic E-state index is 0.233. The first-order chi connectivity index (χ1) is 8.20. The second-order valence-corrected chi connectivity index (χ2v) is 4.65. The number of hydrogen-bond acceptors (Lipinski definition) is 2. The van der Waals surface area contributed by atoms with Gasteiger partial charge in [0.1, 0.15) is 12.2 Å². The summed E-state index contributed by atoms with van der Waals surface area (Å²) in [6, 6.07) is 7.78. The lowest BCUT2D eigenvalue weighted by Crippen LogP contribution is -2.09. The van der Waals surface area contributed by atoms with E-state index >= 15 is 0 Å². The zero-order chi connectivity index (χ0) is 12.3. The number of nitrogens with zero attached hydrogens (tertiary/aromatic N) is 3. The van der Waals surface area contributed by atoms with Crippen LogP contribution in [0.25, 0.3) is 0 Å². The Labute approximate surface area is 110 Å². The lowest BCUT2D eigenvalue weighted by molar-refractivity contribution is 0.648. The molecule has 1 aromatic heterocycles.